The number of nitrogens with two attached hydrogens (primary N) is 2. The Bertz CT molecular complexity index is 805. The summed E-state index contributed by atoms with van der Waals surface area (Å²) in [5.41, 5.74) is 12.3. The first-order chi connectivity index (χ1) is 14.9. The van der Waals surface area contributed by atoms with Crippen molar-refractivity contribution in [3.63, 3.8) is 0 Å². The van der Waals surface area contributed by atoms with E-state index in [1.54, 1.807) is 24.3 Å². The van der Waals surface area contributed by atoms with Crippen LogP contribution in [0, 0.1) is 12.3 Å². The van der Waals surface area contributed by atoms with Gasteiger partial charge in [0.05, 0.1) is 6.61 Å². The summed E-state index contributed by atoms with van der Waals surface area (Å²) in [4.78, 5) is 36.9. The first-order valence-electron chi connectivity index (χ1n) is 10.3. The molecular weight excluding hydrogens is 400 g/mol. The maximum atomic E-state index is 12.7. The normalized spacial score (nSPS) is 19.8. The molecule has 1 unspecified atom stereocenters. The van der Waals surface area contributed by atoms with Gasteiger partial charge in [0, 0.05) is 11.1 Å². The molecule has 1 saturated heterocycles. The molecular formula is C22H30N4O5. The molecule has 9 nitrogen and oxygen atoms in total. The third-order valence-electron chi connectivity index (χ3n) is 4.92. The van der Waals surface area contributed by atoms with Gasteiger partial charge in [0.2, 0.25) is 11.8 Å². The Hall–Kier alpha value is -2.93. The zero-order chi connectivity index (χ0) is 22.8. The van der Waals surface area contributed by atoms with Crippen LogP contribution in [0.15, 0.2) is 24.3 Å². The number of rotatable bonds is 11. The van der Waals surface area contributed by atoms with Crippen molar-refractivity contribution in [1.82, 2.24) is 10.6 Å². The molecule has 1 aromatic rings. The minimum Gasteiger partial charge on any atom is -0.368 e. The highest BCUT2D eigenvalue weighted by atomic mass is 16.7. The molecule has 6 N–H and O–H groups in total. The lowest BCUT2D eigenvalue weighted by atomic mass is 10.1. The van der Waals surface area contributed by atoms with Gasteiger partial charge in [0.25, 0.3) is 5.91 Å². The second kappa shape index (κ2) is 12.1. The van der Waals surface area contributed by atoms with Gasteiger partial charge in [-0.2, -0.15) is 0 Å². The van der Waals surface area contributed by atoms with Crippen molar-refractivity contribution in [1.29, 1.82) is 0 Å². The molecule has 1 heterocycles. The molecule has 1 aliphatic rings. The van der Waals surface area contributed by atoms with Crippen LogP contribution in [0.3, 0.4) is 0 Å². The van der Waals surface area contributed by atoms with E-state index in [0.29, 0.717) is 12.8 Å². The molecule has 168 valence electrons. The fourth-order valence-corrected chi connectivity index (χ4v) is 3.12. The van der Waals surface area contributed by atoms with E-state index in [0.717, 1.165) is 17.5 Å². The number of ether oxygens (including phenoxy) is 2. The fraction of sp³-hybridized carbons (Fsp3) is 0.500. The highest BCUT2D eigenvalue weighted by Crippen LogP contribution is 2.27. The van der Waals surface area contributed by atoms with Crippen molar-refractivity contribution in [3.8, 4) is 12.3 Å². The maximum absolute atomic E-state index is 12.7. The van der Waals surface area contributed by atoms with Gasteiger partial charge in [-0.05, 0) is 31.5 Å². The lowest BCUT2D eigenvalue weighted by Gasteiger charge is -2.22. The minimum absolute atomic E-state index is 0.0482. The highest BCUT2D eigenvalue weighted by molar-refractivity contribution is 5.92. The van der Waals surface area contributed by atoms with E-state index in [2.05, 4.69) is 16.6 Å². The van der Waals surface area contributed by atoms with Crippen molar-refractivity contribution in [3.05, 3.63) is 35.4 Å². The van der Waals surface area contributed by atoms with Gasteiger partial charge in [-0.15, -0.1) is 6.42 Å². The number of carbonyl (C=O) groups is 3. The summed E-state index contributed by atoms with van der Waals surface area (Å²) in [6, 6.07) is 5.36. The molecule has 1 fully saturated rings. The SMILES string of the molecule is C#Cc1ccc(C2OC[C@H](C(=O)N[C@@H](CCCC)C(=O)N[C@@H](CCN)C(N)=O)O2)cc1. The van der Waals surface area contributed by atoms with E-state index < -0.39 is 42.2 Å². The molecule has 3 amide bonds. The van der Waals surface area contributed by atoms with Crippen LogP contribution in [0.25, 0.3) is 0 Å². The number of benzene rings is 1. The number of terminal acetylenes is 1. The van der Waals surface area contributed by atoms with Crippen molar-refractivity contribution < 1.29 is 23.9 Å². The number of unbranched alkanes of at least 4 members (excludes halogenated alkanes) is 1. The standard InChI is InChI=1S/C22H30N4O5/c1-3-5-6-17(20(28)25-16(11-12-23)19(24)27)26-21(29)18-13-30-22(31-18)15-9-7-14(4-2)8-10-15/h2,7-10,16-18,22H,3,5-6,11-13,23H2,1H3,(H2,24,27)(H,25,28)(H,26,29)/t16-,17-,18+,22?/m0/s1. The van der Waals surface area contributed by atoms with Crippen LogP contribution in [-0.2, 0) is 23.9 Å². The van der Waals surface area contributed by atoms with Crippen LogP contribution in [-0.4, -0.2) is 49.1 Å². The number of hydrogen-bond donors (Lipinski definition) is 4. The van der Waals surface area contributed by atoms with Crippen molar-refractivity contribution in [2.45, 2.75) is 57.1 Å². The Kier molecular flexibility index (Phi) is 9.46. The van der Waals surface area contributed by atoms with Gasteiger partial charge in [-0.1, -0.05) is 37.8 Å². The summed E-state index contributed by atoms with van der Waals surface area (Å²) in [6.45, 7) is 2.21. The van der Waals surface area contributed by atoms with Crippen molar-refractivity contribution in [2.24, 2.45) is 11.5 Å². The summed E-state index contributed by atoms with van der Waals surface area (Å²) < 4.78 is 11.3. The average molecular weight is 431 g/mol. The lowest BCUT2D eigenvalue weighted by molar-refractivity contribution is -0.138. The molecule has 1 aliphatic heterocycles. The van der Waals surface area contributed by atoms with E-state index in [1.807, 2.05) is 6.92 Å². The largest absolute Gasteiger partial charge is 0.368 e. The highest BCUT2D eigenvalue weighted by Gasteiger charge is 2.35. The summed E-state index contributed by atoms with van der Waals surface area (Å²) in [6.07, 6.45) is 5.96. The topological polar surface area (TPSA) is 146 Å². The molecule has 31 heavy (non-hydrogen) atoms. The summed E-state index contributed by atoms with van der Waals surface area (Å²) in [5.74, 6) is 0.903. The van der Waals surface area contributed by atoms with Gasteiger partial charge in [0.1, 0.15) is 12.1 Å². The first-order valence-corrected chi connectivity index (χ1v) is 10.3. The summed E-state index contributed by atoms with van der Waals surface area (Å²) in [5, 5.41) is 5.28. The van der Waals surface area contributed by atoms with Crippen LogP contribution in [0.2, 0.25) is 0 Å². The first kappa shape index (κ1) is 24.3. The predicted molar refractivity (Wildman–Crippen MR) is 114 cm³/mol. The number of primary amides is 1. The number of carbonyl (C=O) groups excluding carboxylic acids is 3. The predicted octanol–water partition coefficient (Wildman–Crippen LogP) is 0.0758. The van der Waals surface area contributed by atoms with Crippen LogP contribution in [0.4, 0.5) is 0 Å². The summed E-state index contributed by atoms with van der Waals surface area (Å²) in [7, 11) is 0. The van der Waals surface area contributed by atoms with E-state index in [1.165, 1.54) is 0 Å². The Labute approximate surface area is 182 Å². The molecule has 9 heteroatoms. The van der Waals surface area contributed by atoms with E-state index in [-0.39, 0.29) is 19.6 Å². The molecule has 4 atom stereocenters. The van der Waals surface area contributed by atoms with Crippen LogP contribution in [0.1, 0.15) is 50.0 Å². The Balaban J connectivity index is 1.98. The van der Waals surface area contributed by atoms with E-state index >= 15 is 0 Å². The van der Waals surface area contributed by atoms with Gasteiger partial charge in [-0.25, -0.2) is 0 Å². The van der Waals surface area contributed by atoms with Crippen molar-refractivity contribution >= 4 is 17.7 Å². The van der Waals surface area contributed by atoms with Gasteiger partial charge in [0.15, 0.2) is 12.4 Å². The maximum Gasteiger partial charge on any atom is 0.252 e. The molecule has 0 spiro atoms. The molecule has 0 bridgehead atoms. The van der Waals surface area contributed by atoms with Crippen molar-refractivity contribution in [2.75, 3.05) is 13.2 Å². The van der Waals surface area contributed by atoms with Gasteiger partial charge < -0.3 is 31.6 Å². The second-order valence-electron chi connectivity index (χ2n) is 7.30. The van der Waals surface area contributed by atoms with Gasteiger partial charge >= 0.3 is 0 Å². The third-order valence-corrected chi connectivity index (χ3v) is 4.92. The number of amides is 3. The van der Waals surface area contributed by atoms with Crippen LogP contribution >= 0.6 is 0 Å². The molecule has 0 aliphatic carbocycles. The third kappa shape index (κ3) is 7.07. The monoisotopic (exact) mass is 430 g/mol. The average Bonchev–Trinajstić information content (AvgIpc) is 3.26. The number of hydrogen-bond acceptors (Lipinski definition) is 6. The summed E-state index contributed by atoms with van der Waals surface area (Å²) >= 11 is 0. The van der Waals surface area contributed by atoms with Gasteiger partial charge in [-0.3, -0.25) is 14.4 Å². The molecule has 0 aromatic heterocycles. The lowest BCUT2D eigenvalue weighted by Crippen LogP contribution is -2.54. The second-order valence-corrected chi connectivity index (χ2v) is 7.30. The Morgan fingerprint density at radius 1 is 1.19 bits per heavy atom. The zero-order valence-corrected chi connectivity index (χ0v) is 17.6. The molecule has 2 rings (SSSR count). The van der Waals surface area contributed by atoms with Crippen LogP contribution in [0.5, 0.6) is 0 Å². The minimum atomic E-state index is -0.889. The molecule has 0 saturated carbocycles. The zero-order valence-electron chi connectivity index (χ0n) is 17.6. The van der Waals surface area contributed by atoms with E-state index in [9.17, 15) is 14.4 Å². The number of nitrogens with one attached hydrogen (secondary N) is 2. The quantitative estimate of drug-likeness (QED) is 0.366. The Morgan fingerprint density at radius 3 is 2.48 bits per heavy atom. The molecule has 1 aromatic carbocycles. The van der Waals surface area contributed by atoms with E-state index in [4.69, 9.17) is 27.4 Å². The smallest absolute Gasteiger partial charge is 0.252 e. The Morgan fingerprint density at radius 2 is 1.90 bits per heavy atom. The molecule has 0 radical (unpaired) electrons. The van der Waals surface area contributed by atoms with Crippen LogP contribution < -0.4 is 22.1 Å². The fourth-order valence-electron chi connectivity index (χ4n) is 3.12.